The minimum Gasteiger partial charge on any atom is -0.388 e. The summed E-state index contributed by atoms with van der Waals surface area (Å²) in [6.45, 7) is 0.250. The molecule has 0 aliphatic heterocycles. The number of nitrogens with two attached hydrogens (primary N) is 1. The molecule has 0 bridgehead atoms. The van der Waals surface area contributed by atoms with E-state index >= 15 is 0 Å². The molecule has 1 aliphatic carbocycles. The van der Waals surface area contributed by atoms with Gasteiger partial charge in [-0.1, -0.05) is 24.4 Å². The molecule has 1 aromatic heterocycles. The number of hydrogen-bond donors (Lipinski definition) is 3. The first-order chi connectivity index (χ1) is 8.02. The number of anilines is 1. The lowest BCUT2D eigenvalue weighted by Crippen LogP contribution is -2.40. The van der Waals surface area contributed by atoms with E-state index in [4.69, 9.17) is 17.3 Å². The van der Waals surface area contributed by atoms with Gasteiger partial charge in [0.1, 0.15) is 9.90 Å². The molecular formula is C10H14ClN3O2S. The van der Waals surface area contributed by atoms with E-state index in [1.165, 1.54) is 0 Å². The molecule has 0 aromatic carbocycles. The Hall–Kier alpha value is -0.850. The van der Waals surface area contributed by atoms with Gasteiger partial charge in [-0.2, -0.15) is 4.37 Å². The zero-order chi connectivity index (χ0) is 12.5. The van der Waals surface area contributed by atoms with Crippen LogP contribution in [-0.2, 0) is 0 Å². The van der Waals surface area contributed by atoms with Gasteiger partial charge in [-0.05, 0) is 24.4 Å². The Labute approximate surface area is 108 Å². The van der Waals surface area contributed by atoms with Gasteiger partial charge < -0.3 is 16.2 Å². The van der Waals surface area contributed by atoms with E-state index in [2.05, 4.69) is 9.69 Å². The van der Waals surface area contributed by atoms with Crippen LogP contribution in [0, 0.1) is 0 Å². The molecule has 1 aromatic rings. The summed E-state index contributed by atoms with van der Waals surface area (Å²) in [6.07, 6.45) is 3.46. The summed E-state index contributed by atoms with van der Waals surface area (Å²) < 4.78 is 3.80. The Morgan fingerprint density at radius 2 is 2.24 bits per heavy atom. The Balaban J connectivity index is 1.96. The van der Waals surface area contributed by atoms with Gasteiger partial charge in [0.25, 0.3) is 5.91 Å². The molecule has 17 heavy (non-hydrogen) atoms. The number of hydrogen-bond acceptors (Lipinski definition) is 5. The fraction of sp³-hybridized carbons (Fsp3) is 0.600. The van der Waals surface area contributed by atoms with Gasteiger partial charge in [0.05, 0.1) is 5.60 Å². The van der Waals surface area contributed by atoms with E-state index in [-0.39, 0.29) is 23.3 Å². The third-order valence-electron chi connectivity index (χ3n) is 2.98. The van der Waals surface area contributed by atoms with Gasteiger partial charge >= 0.3 is 0 Å². The van der Waals surface area contributed by atoms with Crippen LogP contribution in [-0.4, -0.2) is 27.5 Å². The van der Waals surface area contributed by atoms with Gasteiger partial charge in [0, 0.05) is 6.54 Å². The third-order valence-corrected chi connectivity index (χ3v) is 4.33. The van der Waals surface area contributed by atoms with Crippen LogP contribution in [0.1, 0.15) is 35.4 Å². The van der Waals surface area contributed by atoms with E-state index in [0.29, 0.717) is 4.88 Å². The average Bonchev–Trinajstić information content (AvgIpc) is 2.86. The molecule has 1 saturated carbocycles. The zero-order valence-electron chi connectivity index (χ0n) is 9.20. The third kappa shape index (κ3) is 2.70. The first-order valence-electron chi connectivity index (χ1n) is 5.43. The summed E-state index contributed by atoms with van der Waals surface area (Å²) in [7, 11) is 0. The zero-order valence-corrected chi connectivity index (χ0v) is 10.8. The summed E-state index contributed by atoms with van der Waals surface area (Å²) in [5.74, 6) is -0.161. The molecule has 0 saturated heterocycles. The molecule has 1 heterocycles. The predicted molar refractivity (Wildman–Crippen MR) is 67.3 cm³/mol. The normalized spacial score (nSPS) is 18.2. The Morgan fingerprint density at radius 1 is 1.59 bits per heavy atom. The Kier molecular flexibility index (Phi) is 3.56. The first kappa shape index (κ1) is 12.6. The van der Waals surface area contributed by atoms with Gasteiger partial charge in [-0.15, -0.1) is 0 Å². The minimum absolute atomic E-state index is 0.168. The molecule has 7 heteroatoms. The molecule has 94 valence electrons. The van der Waals surface area contributed by atoms with Crippen LogP contribution in [0.25, 0.3) is 0 Å². The first-order valence-corrected chi connectivity index (χ1v) is 6.58. The fourth-order valence-corrected chi connectivity index (χ4v) is 2.87. The summed E-state index contributed by atoms with van der Waals surface area (Å²) >= 11 is 6.80. The highest BCUT2D eigenvalue weighted by Crippen LogP contribution is 2.29. The number of amides is 1. The lowest BCUT2D eigenvalue weighted by atomic mass is 10.0. The predicted octanol–water partition coefficient (Wildman–Crippen LogP) is 1.41. The topological polar surface area (TPSA) is 88.2 Å². The van der Waals surface area contributed by atoms with Crippen LogP contribution < -0.4 is 11.1 Å². The number of rotatable bonds is 3. The fourth-order valence-electron chi connectivity index (χ4n) is 1.97. The maximum Gasteiger partial charge on any atom is 0.264 e. The lowest BCUT2D eigenvalue weighted by molar-refractivity contribution is 0.0450. The van der Waals surface area contributed by atoms with Crippen LogP contribution in [0.15, 0.2) is 0 Å². The number of aliphatic hydroxyl groups is 1. The molecule has 2 rings (SSSR count). The van der Waals surface area contributed by atoms with Crippen molar-refractivity contribution in [2.45, 2.75) is 31.3 Å². The number of halogens is 1. The Morgan fingerprint density at radius 3 is 2.76 bits per heavy atom. The highest BCUT2D eigenvalue weighted by atomic mass is 35.5. The largest absolute Gasteiger partial charge is 0.388 e. The Bertz CT molecular complexity index is 429. The van der Waals surface area contributed by atoms with Crippen molar-refractivity contribution in [2.75, 3.05) is 12.3 Å². The van der Waals surface area contributed by atoms with Crippen LogP contribution in [0.5, 0.6) is 0 Å². The van der Waals surface area contributed by atoms with Gasteiger partial charge in [-0.3, -0.25) is 4.79 Å². The number of carbonyl (C=O) groups is 1. The van der Waals surface area contributed by atoms with Crippen molar-refractivity contribution in [2.24, 2.45) is 0 Å². The maximum atomic E-state index is 11.8. The van der Waals surface area contributed by atoms with Crippen LogP contribution in [0.4, 0.5) is 5.82 Å². The minimum atomic E-state index is -0.766. The molecule has 1 fully saturated rings. The van der Waals surface area contributed by atoms with Crippen LogP contribution >= 0.6 is 23.1 Å². The highest BCUT2D eigenvalue weighted by molar-refractivity contribution is 7.09. The van der Waals surface area contributed by atoms with Crippen LogP contribution in [0.3, 0.4) is 0 Å². The molecule has 1 amide bonds. The molecule has 0 radical (unpaired) electrons. The molecular weight excluding hydrogens is 262 g/mol. The van der Waals surface area contributed by atoms with E-state index in [9.17, 15) is 9.90 Å². The van der Waals surface area contributed by atoms with E-state index in [1.807, 2.05) is 0 Å². The molecule has 1 aliphatic rings. The van der Waals surface area contributed by atoms with Gasteiger partial charge in [0.2, 0.25) is 0 Å². The smallest absolute Gasteiger partial charge is 0.264 e. The molecule has 0 unspecified atom stereocenters. The van der Waals surface area contributed by atoms with Crippen molar-refractivity contribution in [3.8, 4) is 0 Å². The van der Waals surface area contributed by atoms with Crippen molar-refractivity contribution in [1.29, 1.82) is 0 Å². The second kappa shape index (κ2) is 4.80. The SMILES string of the molecule is Nc1nsc(C(=O)NCC2(O)CCCC2)c1Cl. The van der Waals surface area contributed by atoms with Crippen LogP contribution in [0.2, 0.25) is 5.02 Å². The molecule has 0 spiro atoms. The highest BCUT2D eigenvalue weighted by Gasteiger charge is 2.31. The summed E-state index contributed by atoms with van der Waals surface area (Å²) in [5.41, 5.74) is 4.70. The monoisotopic (exact) mass is 275 g/mol. The van der Waals surface area contributed by atoms with Gasteiger partial charge in [0.15, 0.2) is 5.82 Å². The summed E-state index contributed by atoms with van der Waals surface area (Å²) in [5, 5.41) is 12.9. The van der Waals surface area contributed by atoms with Crippen molar-refractivity contribution in [3.63, 3.8) is 0 Å². The number of nitrogen functional groups attached to an aromatic ring is 1. The van der Waals surface area contributed by atoms with Gasteiger partial charge in [-0.25, -0.2) is 0 Å². The van der Waals surface area contributed by atoms with E-state index in [0.717, 1.165) is 37.2 Å². The quantitative estimate of drug-likeness (QED) is 0.778. The summed E-state index contributed by atoms with van der Waals surface area (Å²) in [4.78, 5) is 12.1. The molecule has 5 nitrogen and oxygen atoms in total. The number of nitrogens with zero attached hydrogens (tertiary/aromatic N) is 1. The second-order valence-corrected chi connectivity index (χ2v) is 5.48. The molecule has 0 atom stereocenters. The van der Waals surface area contributed by atoms with Crippen molar-refractivity contribution in [3.05, 3.63) is 9.90 Å². The van der Waals surface area contributed by atoms with Crippen molar-refractivity contribution in [1.82, 2.24) is 9.69 Å². The van der Waals surface area contributed by atoms with E-state index < -0.39 is 5.60 Å². The van der Waals surface area contributed by atoms with E-state index in [1.54, 1.807) is 0 Å². The lowest BCUT2D eigenvalue weighted by Gasteiger charge is -2.21. The summed E-state index contributed by atoms with van der Waals surface area (Å²) in [6, 6.07) is 0. The standard InChI is InChI=1S/C10H14ClN3O2S/c11-6-7(17-14-8(6)12)9(15)13-5-10(16)3-1-2-4-10/h16H,1-5H2,(H2,12,14)(H,13,15). The van der Waals surface area contributed by atoms with Crippen molar-refractivity contribution >= 4 is 34.9 Å². The number of nitrogens with one attached hydrogen (secondary N) is 1. The van der Waals surface area contributed by atoms with Crippen molar-refractivity contribution < 1.29 is 9.90 Å². The second-order valence-electron chi connectivity index (χ2n) is 4.33. The average molecular weight is 276 g/mol. The molecule has 4 N–H and O–H groups in total. The maximum absolute atomic E-state index is 11.8. The number of carbonyl (C=O) groups excluding carboxylic acids is 1. The number of aromatic nitrogens is 1.